The number of anilines is 1. The zero-order chi connectivity index (χ0) is 12.1. The van der Waals surface area contributed by atoms with E-state index in [0.717, 1.165) is 0 Å². The minimum Gasteiger partial charge on any atom is -0.393 e. The van der Waals surface area contributed by atoms with Crippen molar-refractivity contribution in [1.82, 2.24) is 0 Å². The van der Waals surface area contributed by atoms with Crippen molar-refractivity contribution < 1.29 is 10.0 Å². The number of halogens is 1. The average molecular weight is 289 g/mol. The van der Waals surface area contributed by atoms with Crippen molar-refractivity contribution >= 4 is 27.3 Å². The molecule has 1 aromatic carbocycles. The number of hydrogen-bond donors (Lipinski definition) is 2. The fraction of sp³-hybridized carbons (Fsp3) is 0.400. The second-order valence-electron chi connectivity index (χ2n) is 3.48. The average Bonchev–Trinajstić information content (AvgIpc) is 2.19. The molecule has 0 aliphatic heterocycles. The topological polar surface area (TPSA) is 75.4 Å². The summed E-state index contributed by atoms with van der Waals surface area (Å²) in [6, 6.07) is 4.83. The molecule has 5 nitrogen and oxygen atoms in total. The zero-order valence-corrected chi connectivity index (χ0v) is 10.4. The lowest BCUT2D eigenvalue weighted by Crippen LogP contribution is -2.10. The van der Waals surface area contributed by atoms with Gasteiger partial charge in [0.2, 0.25) is 0 Å². The second kappa shape index (κ2) is 5.81. The molecule has 1 atom stereocenters. The molecular weight excluding hydrogens is 276 g/mol. The lowest BCUT2D eigenvalue weighted by Gasteiger charge is -2.08. The summed E-state index contributed by atoms with van der Waals surface area (Å²) in [5.74, 6) is 0. The van der Waals surface area contributed by atoms with E-state index in [4.69, 9.17) is 5.11 Å². The molecule has 0 fully saturated rings. The summed E-state index contributed by atoms with van der Waals surface area (Å²) in [5, 5.41) is 22.8. The van der Waals surface area contributed by atoms with E-state index in [9.17, 15) is 10.1 Å². The van der Waals surface area contributed by atoms with Gasteiger partial charge in [0, 0.05) is 17.1 Å². The van der Waals surface area contributed by atoms with E-state index < -0.39 is 11.0 Å². The van der Waals surface area contributed by atoms with Crippen LogP contribution in [0.1, 0.15) is 13.3 Å². The van der Waals surface area contributed by atoms with Gasteiger partial charge in [0.05, 0.1) is 11.0 Å². The first-order chi connectivity index (χ1) is 7.50. The first kappa shape index (κ1) is 12.9. The van der Waals surface area contributed by atoms with Gasteiger partial charge in [-0.1, -0.05) is 15.9 Å². The van der Waals surface area contributed by atoms with Crippen molar-refractivity contribution in [2.45, 2.75) is 19.4 Å². The van der Waals surface area contributed by atoms with E-state index in [1.807, 2.05) is 0 Å². The van der Waals surface area contributed by atoms with Crippen molar-refractivity contribution in [3.05, 3.63) is 32.8 Å². The normalized spacial score (nSPS) is 12.2. The highest BCUT2D eigenvalue weighted by atomic mass is 79.9. The van der Waals surface area contributed by atoms with Crippen molar-refractivity contribution in [1.29, 1.82) is 0 Å². The Morgan fingerprint density at radius 3 is 2.88 bits per heavy atom. The van der Waals surface area contributed by atoms with Crippen molar-refractivity contribution in [2.75, 3.05) is 11.9 Å². The first-order valence-electron chi connectivity index (χ1n) is 4.86. The Morgan fingerprint density at radius 2 is 2.31 bits per heavy atom. The number of nitrogens with one attached hydrogen (secondary N) is 1. The third kappa shape index (κ3) is 3.79. The highest BCUT2D eigenvalue weighted by molar-refractivity contribution is 9.10. The molecule has 1 aromatic rings. The molecule has 2 N–H and O–H groups in total. The van der Waals surface area contributed by atoms with Crippen LogP contribution in [0.2, 0.25) is 0 Å². The van der Waals surface area contributed by atoms with Crippen molar-refractivity contribution in [3.63, 3.8) is 0 Å². The summed E-state index contributed by atoms with van der Waals surface area (Å²) < 4.78 is 0.667. The molecular formula is C10H13BrN2O3. The second-order valence-corrected chi connectivity index (χ2v) is 4.40. The molecule has 0 aliphatic carbocycles. The van der Waals surface area contributed by atoms with Crippen LogP contribution < -0.4 is 5.32 Å². The fourth-order valence-corrected chi connectivity index (χ4v) is 1.57. The summed E-state index contributed by atoms with van der Waals surface area (Å²) in [5.41, 5.74) is 0.494. The van der Waals surface area contributed by atoms with Gasteiger partial charge in [-0.15, -0.1) is 0 Å². The maximum absolute atomic E-state index is 10.8. The minimum atomic E-state index is -0.435. The van der Waals surface area contributed by atoms with Crippen molar-refractivity contribution in [2.24, 2.45) is 0 Å². The number of benzene rings is 1. The van der Waals surface area contributed by atoms with Crippen LogP contribution in [0.15, 0.2) is 22.7 Å². The van der Waals surface area contributed by atoms with Crippen LogP contribution in [0.4, 0.5) is 11.4 Å². The smallest absolute Gasteiger partial charge is 0.293 e. The molecule has 0 radical (unpaired) electrons. The van der Waals surface area contributed by atoms with Crippen LogP contribution in [0, 0.1) is 10.1 Å². The Hall–Kier alpha value is -1.14. The molecule has 0 saturated carbocycles. The molecule has 6 heteroatoms. The predicted octanol–water partition coefficient (Wildman–Crippen LogP) is 2.54. The van der Waals surface area contributed by atoms with Gasteiger partial charge >= 0.3 is 0 Å². The molecule has 1 rings (SSSR count). The van der Waals surface area contributed by atoms with Gasteiger partial charge in [-0.2, -0.15) is 0 Å². The van der Waals surface area contributed by atoms with Crippen molar-refractivity contribution in [3.8, 4) is 0 Å². The minimum absolute atomic E-state index is 0.0277. The van der Waals surface area contributed by atoms with E-state index in [1.54, 1.807) is 19.1 Å². The van der Waals surface area contributed by atoms with Crippen LogP contribution in [0.25, 0.3) is 0 Å². The SMILES string of the molecule is CC(O)CCNc1ccc(Br)cc1[N+](=O)[O-]. The quantitative estimate of drug-likeness (QED) is 0.645. The number of aliphatic hydroxyl groups is 1. The van der Waals surface area contributed by atoms with E-state index in [0.29, 0.717) is 23.1 Å². The molecule has 88 valence electrons. The van der Waals surface area contributed by atoms with E-state index in [-0.39, 0.29) is 5.69 Å². The molecule has 0 saturated heterocycles. The van der Waals surface area contributed by atoms with Gasteiger partial charge in [-0.25, -0.2) is 0 Å². The lowest BCUT2D eigenvalue weighted by atomic mass is 10.2. The van der Waals surface area contributed by atoms with Crippen LogP contribution in [0.3, 0.4) is 0 Å². The molecule has 0 amide bonds. The van der Waals surface area contributed by atoms with Gasteiger partial charge in [-0.05, 0) is 25.5 Å². The van der Waals surface area contributed by atoms with Crippen LogP contribution >= 0.6 is 15.9 Å². The Morgan fingerprint density at radius 1 is 1.62 bits per heavy atom. The lowest BCUT2D eigenvalue weighted by molar-refractivity contribution is -0.384. The largest absolute Gasteiger partial charge is 0.393 e. The molecule has 0 aromatic heterocycles. The number of nitro groups is 1. The van der Waals surface area contributed by atoms with E-state index in [2.05, 4.69) is 21.2 Å². The number of aliphatic hydroxyl groups excluding tert-OH is 1. The molecule has 0 spiro atoms. The molecule has 16 heavy (non-hydrogen) atoms. The Kier molecular flexibility index (Phi) is 4.70. The van der Waals surface area contributed by atoms with Gasteiger partial charge in [0.1, 0.15) is 5.69 Å². The van der Waals surface area contributed by atoms with Gasteiger partial charge < -0.3 is 10.4 Å². The Balaban J connectivity index is 2.75. The standard InChI is InChI=1S/C10H13BrN2O3/c1-7(14)4-5-12-9-3-2-8(11)6-10(9)13(15)16/h2-3,6-7,12,14H,4-5H2,1H3. The molecule has 1 unspecified atom stereocenters. The van der Waals surface area contributed by atoms with Crippen LogP contribution in [-0.4, -0.2) is 22.7 Å². The zero-order valence-electron chi connectivity index (χ0n) is 8.81. The number of hydrogen-bond acceptors (Lipinski definition) is 4. The van der Waals surface area contributed by atoms with Crippen LogP contribution in [0.5, 0.6) is 0 Å². The Bertz CT molecular complexity index is 382. The third-order valence-electron chi connectivity index (χ3n) is 2.03. The first-order valence-corrected chi connectivity index (χ1v) is 5.66. The highest BCUT2D eigenvalue weighted by Gasteiger charge is 2.13. The van der Waals surface area contributed by atoms with E-state index >= 15 is 0 Å². The number of nitrogens with zero attached hydrogens (tertiary/aromatic N) is 1. The highest BCUT2D eigenvalue weighted by Crippen LogP contribution is 2.27. The maximum atomic E-state index is 10.8. The summed E-state index contributed by atoms with van der Waals surface area (Å²) in [6.07, 6.45) is 0.134. The molecule has 0 bridgehead atoms. The third-order valence-corrected chi connectivity index (χ3v) is 2.53. The Labute approximate surface area is 102 Å². The van der Waals surface area contributed by atoms with Crippen LogP contribution in [-0.2, 0) is 0 Å². The van der Waals surface area contributed by atoms with Gasteiger partial charge in [-0.3, -0.25) is 10.1 Å². The summed E-state index contributed by atoms with van der Waals surface area (Å²) in [4.78, 5) is 10.3. The summed E-state index contributed by atoms with van der Waals surface area (Å²) >= 11 is 3.18. The molecule has 0 aliphatic rings. The maximum Gasteiger partial charge on any atom is 0.293 e. The predicted molar refractivity (Wildman–Crippen MR) is 65.6 cm³/mol. The molecule has 0 heterocycles. The van der Waals surface area contributed by atoms with Gasteiger partial charge in [0.25, 0.3) is 5.69 Å². The summed E-state index contributed by atoms with van der Waals surface area (Å²) in [6.45, 7) is 2.18. The number of nitro benzene ring substituents is 1. The van der Waals surface area contributed by atoms with E-state index in [1.165, 1.54) is 6.07 Å². The van der Waals surface area contributed by atoms with Gasteiger partial charge in [0.15, 0.2) is 0 Å². The fourth-order valence-electron chi connectivity index (χ4n) is 1.22. The monoisotopic (exact) mass is 288 g/mol. The number of rotatable bonds is 5. The summed E-state index contributed by atoms with van der Waals surface area (Å²) in [7, 11) is 0.